The van der Waals surface area contributed by atoms with Crippen LogP contribution in [0.1, 0.15) is 16.8 Å². The Hall–Kier alpha value is -4.19. The van der Waals surface area contributed by atoms with Crippen LogP contribution < -0.4 is 11.3 Å². The number of fused-ring (bicyclic) bond motifs is 2. The Kier molecular flexibility index (Phi) is 5.48. The van der Waals surface area contributed by atoms with Gasteiger partial charge in [0.25, 0.3) is 5.56 Å². The SMILES string of the molecule is Cn1cncc1[C@@](N)(c1ccc2ccccc2c1)c1ccc2c(c1)c(-c1cccc(Cl)c1)cc(=O)n2C. The fraction of sp³-hybridized carbons (Fsp3) is 0.0968. The van der Waals surface area contributed by atoms with Gasteiger partial charge in [-0.25, -0.2) is 4.98 Å². The van der Waals surface area contributed by atoms with Crippen molar-refractivity contribution in [1.82, 2.24) is 14.1 Å². The summed E-state index contributed by atoms with van der Waals surface area (Å²) in [5.41, 5.74) is 11.5. The average Bonchev–Trinajstić information content (AvgIpc) is 3.36. The number of benzene rings is 4. The van der Waals surface area contributed by atoms with E-state index in [1.165, 1.54) is 0 Å². The zero-order chi connectivity index (χ0) is 25.7. The van der Waals surface area contributed by atoms with Crippen LogP contribution in [0.25, 0.3) is 32.8 Å². The molecule has 0 aliphatic carbocycles. The van der Waals surface area contributed by atoms with Crippen molar-refractivity contribution in [2.24, 2.45) is 19.8 Å². The molecule has 0 amide bonds. The molecule has 0 bridgehead atoms. The summed E-state index contributed by atoms with van der Waals surface area (Å²) < 4.78 is 3.61. The fourth-order valence-corrected chi connectivity index (χ4v) is 5.43. The number of rotatable bonds is 4. The molecule has 6 heteroatoms. The van der Waals surface area contributed by atoms with E-state index in [9.17, 15) is 4.79 Å². The maximum atomic E-state index is 12.9. The molecule has 2 N–H and O–H groups in total. The quantitative estimate of drug-likeness (QED) is 0.320. The second-order valence-corrected chi connectivity index (χ2v) is 9.89. The summed E-state index contributed by atoms with van der Waals surface area (Å²) in [6.45, 7) is 0. The van der Waals surface area contributed by atoms with Gasteiger partial charge in [0.15, 0.2) is 0 Å². The van der Waals surface area contributed by atoms with Gasteiger partial charge in [-0.05, 0) is 63.4 Å². The summed E-state index contributed by atoms with van der Waals surface area (Å²) in [5, 5.41) is 3.79. The molecule has 182 valence electrons. The maximum absolute atomic E-state index is 12.9. The molecular formula is C31H25ClN4O. The molecule has 4 aromatic carbocycles. The molecule has 2 aromatic heterocycles. The number of pyridine rings is 1. The summed E-state index contributed by atoms with van der Waals surface area (Å²) in [5.74, 6) is 0. The van der Waals surface area contributed by atoms with Crippen LogP contribution in [0.5, 0.6) is 0 Å². The molecule has 1 atom stereocenters. The van der Waals surface area contributed by atoms with Crippen LogP contribution in [0.3, 0.4) is 0 Å². The molecule has 5 nitrogen and oxygen atoms in total. The molecule has 0 fully saturated rings. The molecule has 2 heterocycles. The second kappa shape index (κ2) is 8.73. The number of aromatic nitrogens is 3. The summed E-state index contributed by atoms with van der Waals surface area (Å²) >= 11 is 6.32. The predicted molar refractivity (Wildman–Crippen MR) is 151 cm³/mol. The Bertz CT molecular complexity index is 1870. The van der Waals surface area contributed by atoms with Crippen molar-refractivity contribution in [2.45, 2.75) is 5.54 Å². The molecule has 0 spiro atoms. The molecule has 0 saturated carbocycles. The van der Waals surface area contributed by atoms with Crippen molar-refractivity contribution in [2.75, 3.05) is 0 Å². The van der Waals surface area contributed by atoms with Crippen LogP contribution in [0.4, 0.5) is 0 Å². The minimum atomic E-state index is -0.996. The smallest absolute Gasteiger partial charge is 0.251 e. The van der Waals surface area contributed by atoms with E-state index >= 15 is 0 Å². The van der Waals surface area contributed by atoms with Gasteiger partial charge in [-0.3, -0.25) is 4.79 Å². The molecule has 0 aliphatic heterocycles. The Labute approximate surface area is 219 Å². The highest BCUT2D eigenvalue weighted by Gasteiger charge is 2.35. The van der Waals surface area contributed by atoms with Crippen LogP contribution in [0.2, 0.25) is 5.02 Å². The van der Waals surface area contributed by atoms with E-state index in [4.69, 9.17) is 17.3 Å². The molecule has 0 saturated heterocycles. The van der Waals surface area contributed by atoms with Crippen molar-refractivity contribution in [3.05, 3.63) is 136 Å². The lowest BCUT2D eigenvalue weighted by atomic mass is 9.79. The number of nitrogens with zero attached hydrogens (tertiary/aromatic N) is 3. The first kappa shape index (κ1) is 23.2. The van der Waals surface area contributed by atoms with Crippen LogP contribution in [0.15, 0.2) is 108 Å². The summed E-state index contributed by atoms with van der Waals surface area (Å²) in [7, 11) is 3.74. The average molecular weight is 505 g/mol. The van der Waals surface area contributed by atoms with Crippen molar-refractivity contribution in [1.29, 1.82) is 0 Å². The van der Waals surface area contributed by atoms with Crippen molar-refractivity contribution in [3.63, 3.8) is 0 Å². The Morgan fingerprint density at radius 1 is 0.838 bits per heavy atom. The van der Waals surface area contributed by atoms with Crippen LogP contribution in [0, 0.1) is 0 Å². The van der Waals surface area contributed by atoms with E-state index in [1.807, 2.05) is 66.3 Å². The zero-order valence-corrected chi connectivity index (χ0v) is 21.3. The molecular weight excluding hydrogens is 480 g/mol. The number of hydrogen-bond acceptors (Lipinski definition) is 3. The monoisotopic (exact) mass is 504 g/mol. The summed E-state index contributed by atoms with van der Waals surface area (Å²) in [6.07, 6.45) is 3.58. The third-order valence-corrected chi connectivity index (χ3v) is 7.50. The number of nitrogens with two attached hydrogens (primary N) is 1. The third kappa shape index (κ3) is 3.75. The van der Waals surface area contributed by atoms with Crippen LogP contribution >= 0.6 is 11.6 Å². The first-order chi connectivity index (χ1) is 17.9. The van der Waals surface area contributed by atoms with Gasteiger partial charge in [0.05, 0.1) is 23.7 Å². The normalized spacial score (nSPS) is 13.2. The van der Waals surface area contributed by atoms with Gasteiger partial charge in [-0.1, -0.05) is 66.2 Å². The van der Waals surface area contributed by atoms with Gasteiger partial charge in [0, 0.05) is 30.6 Å². The minimum absolute atomic E-state index is 0.0876. The van der Waals surface area contributed by atoms with Crippen LogP contribution in [-0.2, 0) is 19.6 Å². The molecule has 0 radical (unpaired) electrons. The van der Waals surface area contributed by atoms with Gasteiger partial charge >= 0.3 is 0 Å². The maximum Gasteiger partial charge on any atom is 0.251 e. The first-order valence-corrected chi connectivity index (χ1v) is 12.4. The van der Waals surface area contributed by atoms with Crippen molar-refractivity contribution >= 4 is 33.3 Å². The number of imidazole rings is 1. The van der Waals surface area contributed by atoms with Gasteiger partial charge in [0.1, 0.15) is 5.54 Å². The fourth-order valence-electron chi connectivity index (χ4n) is 5.24. The first-order valence-electron chi connectivity index (χ1n) is 12.0. The molecule has 0 aliphatic rings. The molecule has 6 rings (SSSR count). The van der Waals surface area contributed by atoms with Gasteiger partial charge in [0.2, 0.25) is 0 Å². The van der Waals surface area contributed by atoms with E-state index in [-0.39, 0.29) is 5.56 Å². The highest BCUT2D eigenvalue weighted by Crippen LogP contribution is 2.38. The standard InChI is InChI=1S/C31H25ClN4O/c1-35-19-34-18-29(35)31(33,23-11-10-20-6-3-4-7-21(20)14-23)24-12-13-28-27(16-24)26(17-30(37)36(28)2)22-8-5-9-25(32)15-22/h3-19H,33H2,1-2H3/t31-/m1/s1. The topological polar surface area (TPSA) is 65.8 Å². The number of aryl methyl sites for hydroxylation is 2. The third-order valence-electron chi connectivity index (χ3n) is 7.26. The van der Waals surface area contributed by atoms with Crippen LogP contribution in [-0.4, -0.2) is 14.1 Å². The lowest BCUT2D eigenvalue weighted by molar-refractivity contribution is 0.597. The molecule has 6 aromatic rings. The Balaban J connectivity index is 1.67. The van der Waals surface area contributed by atoms with E-state index < -0.39 is 5.54 Å². The summed E-state index contributed by atoms with van der Waals surface area (Å²) in [4.78, 5) is 17.3. The molecule has 37 heavy (non-hydrogen) atoms. The predicted octanol–water partition coefficient (Wildman–Crippen LogP) is 6.00. The zero-order valence-electron chi connectivity index (χ0n) is 20.5. The van der Waals surface area contributed by atoms with Crippen molar-refractivity contribution in [3.8, 4) is 11.1 Å². The lowest BCUT2D eigenvalue weighted by Gasteiger charge is -2.32. The highest BCUT2D eigenvalue weighted by atomic mass is 35.5. The minimum Gasteiger partial charge on any atom is -0.336 e. The number of halogens is 1. The van der Waals surface area contributed by atoms with E-state index in [2.05, 4.69) is 41.4 Å². The van der Waals surface area contributed by atoms with Gasteiger partial charge in [-0.15, -0.1) is 0 Å². The van der Waals surface area contributed by atoms with E-state index in [0.29, 0.717) is 5.02 Å². The van der Waals surface area contributed by atoms with Gasteiger partial charge in [-0.2, -0.15) is 0 Å². The Morgan fingerprint density at radius 2 is 1.59 bits per heavy atom. The largest absolute Gasteiger partial charge is 0.336 e. The second-order valence-electron chi connectivity index (χ2n) is 9.46. The van der Waals surface area contributed by atoms with Gasteiger partial charge < -0.3 is 14.9 Å². The Morgan fingerprint density at radius 3 is 2.35 bits per heavy atom. The lowest BCUT2D eigenvalue weighted by Crippen LogP contribution is -2.41. The van der Waals surface area contributed by atoms with E-state index in [0.717, 1.165) is 49.6 Å². The van der Waals surface area contributed by atoms with E-state index in [1.54, 1.807) is 24.0 Å². The number of hydrogen-bond donors (Lipinski definition) is 1. The highest BCUT2D eigenvalue weighted by molar-refractivity contribution is 6.30. The summed E-state index contributed by atoms with van der Waals surface area (Å²) in [6, 6.07) is 29.9. The van der Waals surface area contributed by atoms with Crippen molar-refractivity contribution < 1.29 is 0 Å². The molecule has 0 unspecified atom stereocenters.